The van der Waals surface area contributed by atoms with Gasteiger partial charge in [0.05, 0.1) is 11.8 Å². The molecule has 1 amide bonds. The number of hydrogen-bond acceptors (Lipinski definition) is 6. The first-order chi connectivity index (χ1) is 6.68. The number of aromatic nitrogens is 3. The Bertz CT molecular complexity index is 365. The van der Waals surface area contributed by atoms with Crippen molar-refractivity contribution in [1.29, 1.82) is 0 Å². The van der Waals surface area contributed by atoms with E-state index in [9.17, 15) is 9.59 Å². The summed E-state index contributed by atoms with van der Waals surface area (Å²) in [4.78, 5) is 21.8. The molecular formula is C6H6N4O3S. The fourth-order valence-corrected chi connectivity index (χ4v) is 1.51. The van der Waals surface area contributed by atoms with Gasteiger partial charge in [-0.1, -0.05) is 9.59 Å². The number of nitrogens with one attached hydrogen (secondary N) is 1. The predicted molar refractivity (Wildman–Crippen MR) is 45.6 cm³/mol. The number of hydrogen-bond donors (Lipinski definition) is 2. The van der Waals surface area contributed by atoms with Crippen molar-refractivity contribution in [2.75, 3.05) is 5.32 Å². The second-order valence-electron chi connectivity index (χ2n) is 2.94. The van der Waals surface area contributed by atoms with Crippen LogP contribution in [0.1, 0.15) is 6.42 Å². The minimum atomic E-state index is -0.930. The SMILES string of the molecule is O=C(O)C1CC1C(=O)Nc1nnns1. The maximum absolute atomic E-state index is 11.3. The monoisotopic (exact) mass is 214 g/mol. The third kappa shape index (κ3) is 1.69. The molecule has 14 heavy (non-hydrogen) atoms. The summed E-state index contributed by atoms with van der Waals surface area (Å²) < 4.78 is 3.46. The van der Waals surface area contributed by atoms with Crippen molar-refractivity contribution in [3.05, 3.63) is 0 Å². The average Bonchev–Trinajstić information content (AvgIpc) is 2.80. The van der Waals surface area contributed by atoms with Gasteiger partial charge >= 0.3 is 5.97 Å². The molecule has 1 aromatic rings. The molecule has 7 nitrogen and oxygen atoms in total. The summed E-state index contributed by atoms with van der Waals surface area (Å²) in [5.74, 6) is -2.23. The van der Waals surface area contributed by atoms with Crippen LogP contribution in [0.3, 0.4) is 0 Å². The lowest BCUT2D eigenvalue weighted by atomic mass is 10.3. The average molecular weight is 214 g/mol. The molecule has 2 N–H and O–H groups in total. The summed E-state index contributed by atoms with van der Waals surface area (Å²) >= 11 is 0.954. The molecule has 1 heterocycles. The zero-order valence-electron chi connectivity index (χ0n) is 6.88. The van der Waals surface area contributed by atoms with E-state index in [2.05, 4.69) is 20.1 Å². The Hall–Kier alpha value is -1.57. The normalized spacial score (nSPS) is 24.3. The van der Waals surface area contributed by atoms with E-state index in [0.717, 1.165) is 11.5 Å². The van der Waals surface area contributed by atoms with Gasteiger partial charge in [0.15, 0.2) is 0 Å². The predicted octanol–water partition coefficient (Wildman–Crippen LogP) is -0.408. The summed E-state index contributed by atoms with van der Waals surface area (Å²) in [6, 6.07) is 0. The third-order valence-corrected chi connectivity index (χ3v) is 2.49. The van der Waals surface area contributed by atoms with Crippen molar-refractivity contribution in [3.8, 4) is 0 Å². The van der Waals surface area contributed by atoms with E-state index >= 15 is 0 Å². The lowest BCUT2D eigenvalue weighted by Crippen LogP contribution is -2.16. The van der Waals surface area contributed by atoms with E-state index in [1.165, 1.54) is 0 Å². The molecule has 1 aromatic heterocycles. The number of carboxylic acid groups (broad SMARTS) is 1. The van der Waals surface area contributed by atoms with Crippen molar-refractivity contribution >= 4 is 28.5 Å². The van der Waals surface area contributed by atoms with E-state index in [-0.39, 0.29) is 5.91 Å². The van der Waals surface area contributed by atoms with Crippen LogP contribution in [-0.2, 0) is 9.59 Å². The van der Waals surface area contributed by atoms with Gasteiger partial charge in [-0.2, -0.15) is 0 Å². The first-order valence-corrected chi connectivity index (χ1v) is 4.64. The van der Waals surface area contributed by atoms with Crippen molar-refractivity contribution in [2.45, 2.75) is 6.42 Å². The Kier molecular flexibility index (Phi) is 2.12. The van der Waals surface area contributed by atoms with E-state index in [1.807, 2.05) is 0 Å². The van der Waals surface area contributed by atoms with Gasteiger partial charge in [0, 0.05) is 11.5 Å². The fourth-order valence-electron chi connectivity index (χ4n) is 1.14. The molecule has 0 saturated heterocycles. The fraction of sp³-hybridized carbons (Fsp3) is 0.500. The van der Waals surface area contributed by atoms with Crippen LogP contribution >= 0.6 is 11.5 Å². The second kappa shape index (κ2) is 3.29. The van der Waals surface area contributed by atoms with Crippen LogP contribution in [0.25, 0.3) is 0 Å². The highest BCUT2D eigenvalue weighted by molar-refractivity contribution is 7.09. The van der Waals surface area contributed by atoms with Gasteiger partial charge in [-0.15, -0.1) is 0 Å². The first kappa shape index (κ1) is 9.00. The number of rotatable bonds is 3. The lowest BCUT2D eigenvalue weighted by molar-refractivity contribution is -0.139. The van der Waals surface area contributed by atoms with E-state index < -0.39 is 17.8 Å². The third-order valence-electron chi connectivity index (χ3n) is 1.97. The van der Waals surface area contributed by atoms with Crippen LogP contribution in [-0.4, -0.2) is 31.8 Å². The van der Waals surface area contributed by atoms with Crippen LogP contribution in [0, 0.1) is 11.8 Å². The van der Waals surface area contributed by atoms with Crippen LogP contribution in [0.4, 0.5) is 5.13 Å². The number of amides is 1. The number of carbonyl (C=O) groups is 2. The molecule has 0 aliphatic heterocycles. The minimum absolute atomic E-state index is 0.297. The quantitative estimate of drug-likeness (QED) is 0.708. The molecule has 2 atom stereocenters. The van der Waals surface area contributed by atoms with Crippen LogP contribution in [0.5, 0.6) is 0 Å². The first-order valence-electron chi connectivity index (χ1n) is 3.87. The summed E-state index contributed by atoms with van der Waals surface area (Å²) in [5.41, 5.74) is 0. The molecule has 0 bridgehead atoms. The van der Waals surface area contributed by atoms with Crippen molar-refractivity contribution < 1.29 is 14.7 Å². The van der Waals surface area contributed by atoms with Gasteiger partial charge in [-0.25, -0.2) is 0 Å². The molecule has 0 radical (unpaired) electrons. The highest BCUT2D eigenvalue weighted by Gasteiger charge is 2.48. The summed E-state index contributed by atoms with van der Waals surface area (Å²) in [6.45, 7) is 0. The summed E-state index contributed by atoms with van der Waals surface area (Å²) in [5, 5.41) is 18.1. The van der Waals surface area contributed by atoms with Crippen LogP contribution < -0.4 is 5.32 Å². The number of nitrogens with zero attached hydrogens (tertiary/aromatic N) is 3. The Morgan fingerprint density at radius 3 is 2.79 bits per heavy atom. The number of carboxylic acids is 1. The highest BCUT2D eigenvalue weighted by atomic mass is 32.1. The maximum atomic E-state index is 11.3. The van der Waals surface area contributed by atoms with Gasteiger partial charge in [-0.3, -0.25) is 14.9 Å². The summed E-state index contributed by atoms with van der Waals surface area (Å²) in [6.07, 6.45) is 0.396. The number of carbonyl (C=O) groups excluding carboxylic acids is 1. The van der Waals surface area contributed by atoms with Crippen molar-refractivity contribution in [2.24, 2.45) is 11.8 Å². The van der Waals surface area contributed by atoms with Crippen LogP contribution in [0.2, 0.25) is 0 Å². The molecular weight excluding hydrogens is 208 g/mol. The molecule has 2 rings (SSSR count). The van der Waals surface area contributed by atoms with E-state index in [4.69, 9.17) is 5.11 Å². The van der Waals surface area contributed by atoms with Gasteiger partial charge in [0.1, 0.15) is 0 Å². The Morgan fingerprint density at radius 2 is 2.29 bits per heavy atom. The Morgan fingerprint density at radius 1 is 1.50 bits per heavy atom. The summed E-state index contributed by atoms with van der Waals surface area (Å²) in [7, 11) is 0. The smallest absolute Gasteiger partial charge is 0.307 e. The number of aliphatic carboxylic acids is 1. The maximum Gasteiger partial charge on any atom is 0.307 e. The lowest BCUT2D eigenvalue weighted by Gasteiger charge is -1.96. The molecule has 1 saturated carbocycles. The molecule has 74 valence electrons. The molecule has 1 aliphatic carbocycles. The second-order valence-corrected chi connectivity index (χ2v) is 3.68. The number of anilines is 1. The molecule has 8 heteroatoms. The van der Waals surface area contributed by atoms with E-state index in [0.29, 0.717) is 11.6 Å². The van der Waals surface area contributed by atoms with Crippen molar-refractivity contribution in [3.63, 3.8) is 0 Å². The molecule has 2 unspecified atom stereocenters. The van der Waals surface area contributed by atoms with Gasteiger partial charge in [0.2, 0.25) is 11.0 Å². The zero-order valence-corrected chi connectivity index (χ0v) is 7.69. The van der Waals surface area contributed by atoms with Gasteiger partial charge in [-0.05, 0) is 11.6 Å². The standard InChI is InChI=1S/C6H6N4O3S/c11-4(2-1-3(2)5(12)13)7-6-8-9-10-14-6/h2-3H,1H2,(H,12,13)(H,7,8,10,11). The molecule has 0 spiro atoms. The zero-order chi connectivity index (χ0) is 10.1. The van der Waals surface area contributed by atoms with Gasteiger partial charge < -0.3 is 5.11 Å². The highest BCUT2D eigenvalue weighted by Crippen LogP contribution is 2.39. The Balaban J connectivity index is 1.90. The minimum Gasteiger partial charge on any atom is -0.481 e. The van der Waals surface area contributed by atoms with Crippen LogP contribution in [0.15, 0.2) is 0 Å². The van der Waals surface area contributed by atoms with Crippen molar-refractivity contribution in [1.82, 2.24) is 14.8 Å². The molecule has 1 fully saturated rings. The van der Waals surface area contributed by atoms with E-state index in [1.54, 1.807) is 0 Å². The van der Waals surface area contributed by atoms with Gasteiger partial charge in [0.25, 0.3) is 0 Å². The Labute approximate surface area is 82.3 Å². The topological polar surface area (TPSA) is 105 Å². The largest absolute Gasteiger partial charge is 0.481 e. The molecule has 1 aliphatic rings. The molecule has 0 aromatic carbocycles.